The van der Waals surface area contributed by atoms with Gasteiger partial charge in [-0.3, -0.25) is 4.79 Å². The highest BCUT2D eigenvalue weighted by Gasteiger charge is 2.02. The molecule has 0 aromatic heterocycles. The number of ether oxygens (including phenoxy) is 2. The molecule has 1 amide bonds. The molecule has 5 nitrogen and oxygen atoms in total. The zero-order chi connectivity index (χ0) is 16.5. The van der Waals surface area contributed by atoms with Gasteiger partial charge in [0.1, 0.15) is 11.5 Å². The summed E-state index contributed by atoms with van der Waals surface area (Å²) >= 11 is 0. The van der Waals surface area contributed by atoms with E-state index < -0.39 is 0 Å². The lowest BCUT2D eigenvalue weighted by molar-refractivity contribution is -0.116. The van der Waals surface area contributed by atoms with Crippen molar-refractivity contribution in [1.82, 2.24) is 0 Å². The van der Waals surface area contributed by atoms with Crippen LogP contribution in [0.3, 0.4) is 0 Å². The molecule has 0 saturated carbocycles. The van der Waals surface area contributed by atoms with E-state index in [9.17, 15) is 4.79 Å². The number of carbonyl (C=O) groups is 1. The molecule has 5 heteroatoms. The number of nitrogens with two attached hydrogens (primary N) is 1. The second-order valence-corrected chi connectivity index (χ2v) is 5.10. The average Bonchev–Trinajstić information content (AvgIpc) is 2.56. The maximum absolute atomic E-state index is 11.5. The van der Waals surface area contributed by atoms with Crippen LogP contribution in [0.15, 0.2) is 48.5 Å². The quantitative estimate of drug-likeness (QED) is 0.785. The van der Waals surface area contributed by atoms with Crippen molar-refractivity contribution < 1.29 is 14.3 Å². The van der Waals surface area contributed by atoms with Crippen LogP contribution < -0.4 is 15.8 Å². The van der Waals surface area contributed by atoms with Crippen LogP contribution in [-0.2, 0) is 16.0 Å². The van der Waals surface area contributed by atoms with Gasteiger partial charge in [-0.05, 0) is 48.4 Å². The first-order valence-electron chi connectivity index (χ1n) is 7.57. The molecule has 0 heterocycles. The molecule has 0 unspecified atom stereocenters. The average molecular weight is 314 g/mol. The summed E-state index contributed by atoms with van der Waals surface area (Å²) < 4.78 is 10.8. The molecule has 3 N–H and O–H groups in total. The lowest BCUT2D eigenvalue weighted by atomic mass is 10.1. The van der Waals surface area contributed by atoms with Gasteiger partial charge in [-0.25, -0.2) is 0 Å². The zero-order valence-electron chi connectivity index (χ0n) is 13.2. The van der Waals surface area contributed by atoms with E-state index in [2.05, 4.69) is 5.32 Å². The van der Waals surface area contributed by atoms with Gasteiger partial charge in [0.2, 0.25) is 5.91 Å². The third-order valence-electron chi connectivity index (χ3n) is 3.26. The van der Waals surface area contributed by atoms with Gasteiger partial charge in [0, 0.05) is 25.8 Å². The zero-order valence-corrected chi connectivity index (χ0v) is 13.2. The number of nitrogens with one attached hydrogen (secondary N) is 1. The minimum atomic E-state index is -0.0900. The van der Waals surface area contributed by atoms with E-state index in [-0.39, 0.29) is 5.91 Å². The Hall–Kier alpha value is -2.37. The molecule has 0 aliphatic heterocycles. The fraction of sp³-hybridized carbons (Fsp3) is 0.278. The van der Waals surface area contributed by atoms with E-state index in [1.807, 2.05) is 36.4 Å². The highest BCUT2D eigenvalue weighted by atomic mass is 16.5. The van der Waals surface area contributed by atoms with E-state index in [1.54, 1.807) is 19.2 Å². The fourth-order valence-corrected chi connectivity index (χ4v) is 2.04. The highest BCUT2D eigenvalue weighted by molar-refractivity contribution is 5.90. The monoisotopic (exact) mass is 314 g/mol. The SMILES string of the molecule is COCCc1ccc(Oc2ccc(NC(=O)CCN)cc2)cc1. The number of methoxy groups -OCH3 is 1. The molecular formula is C18H22N2O3. The van der Waals surface area contributed by atoms with Crippen LogP contribution in [0.1, 0.15) is 12.0 Å². The van der Waals surface area contributed by atoms with Crippen molar-refractivity contribution in [3.05, 3.63) is 54.1 Å². The standard InChI is InChI=1S/C18H22N2O3/c1-22-13-11-14-2-6-16(7-3-14)23-17-8-4-15(5-9-17)20-18(21)10-12-19/h2-9H,10-13,19H2,1H3,(H,20,21). The number of carbonyl (C=O) groups excluding carboxylic acids is 1. The summed E-state index contributed by atoms with van der Waals surface area (Å²) in [6, 6.07) is 15.1. The van der Waals surface area contributed by atoms with Gasteiger partial charge < -0.3 is 20.5 Å². The molecule has 2 aromatic carbocycles. The van der Waals surface area contributed by atoms with Crippen molar-refractivity contribution in [2.75, 3.05) is 25.6 Å². The second kappa shape index (κ2) is 8.92. The summed E-state index contributed by atoms with van der Waals surface area (Å²) in [6.07, 6.45) is 1.20. The Balaban J connectivity index is 1.91. The largest absolute Gasteiger partial charge is 0.457 e. The van der Waals surface area contributed by atoms with Crippen LogP contribution >= 0.6 is 0 Å². The van der Waals surface area contributed by atoms with Gasteiger partial charge in [0.25, 0.3) is 0 Å². The van der Waals surface area contributed by atoms with E-state index in [0.29, 0.717) is 25.3 Å². The normalized spacial score (nSPS) is 10.3. The number of hydrogen-bond donors (Lipinski definition) is 2. The van der Waals surface area contributed by atoms with Gasteiger partial charge in [-0.15, -0.1) is 0 Å². The van der Waals surface area contributed by atoms with Crippen molar-refractivity contribution >= 4 is 11.6 Å². The Labute approximate surface area is 136 Å². The molecule has 0 saturated heterocycles. The molecule has 23 heavy (non-hydrogen) atoms. The highest BCUT2D eigenvalue weighted by Crippen LogP contribution is 2.23. The van der Waals surface area contributed by atoms with Crippen LogP contribution in [0, 0.1) is 0 Å². The minimum absolute atomic E-state index is 0.0900. The lowest BCUT2D eigenvalue weighted by Gasteiger charge is -2.08. The van der Waals surface area contributed by atoms with Crippen LogP contribution in [-0.4, -0.2) is 26.2 Å². The first-order chi connectivity index (χ1) is 11.2. The number of benzene rings is 2. The van der Waals surface area contributed by atoms with Gasteiger partial charge in [0.05, 0.1) is 6.61 Å². The Morgan fingerprint density at radius 2 is 1.65 bits per heavy atom. The predicted molar refractivity (Wildman–Crippen MR) is 90.8 cm³/mol. The summed E-state index contributed by atoms with van der Waals surface area (Å²) in [4.78, 5) is 11.5. The van der Waals surface area contributed by atoms with Crippen molar-refractivity contribution in [2.24, 2.45) is 5.73 Å². The van der Waals surface area contributed by atoms with E-state index in [0.717, 1.165) is 17.9 Å². The summed E-state index contributed by atoms with van der Waals surface area (Å²) in [5, 5.41) is 2.77. The first-order valence-corrected chi connectivity index (χ1v) is 7.57. The second-order valence-electron chi connectivity index (χ2n) is 5.10. The smallest absolute Gasteiger partial charge is 0.225 e. The van der Waals surface area contributed by atoms with Crippen LogP contribution in [0.5, 0.6) is 11.5 Å². The predicted octanol–water partition coefficient (Wildman–Crippen LogP) is 2.96. The molecule has 0 aliphatic carbocycles. The van der Waals surface area contributed by atoms with Crippen molar-refractivity contribution in [3.8, 4) is 11.5 Å². The van der Waals surface area contributed by atoms with Crippen molar-refractivity contribution in [1.29, 1.82) is 0 Å². The van der Waals surface area contributed by atoms with Gasteiger partial charge in [-0.1, -0.05) is 12.1 Å². The molecular weight excluding hydrogens is 292 g/mol. The van der Waals surface area contributed by atoms with Crippen LogP contribution in [0.4, 0.5) is 5.69 Å². The summed E-state index contributed by atoms with van der Waals surface area (Å²) in [5.41, 5.74) is 7.28. The van der Waals surface area contributed by atoms with Gasteiger partial charge in [0.15, 0.2) is 0 Å². The molecule has 2 rings (SSSR count). The number of amides is 1. The molecule has 0 atom stereocenters. The number of anilines is 1. The van der Waals surface area contributed by atoms with Crippen molar-refractivity contribution in [3.63, 3.8) is 0 Å². The number of rotatable bonds is 8. The Kier molecular flexibility index (Phi) is 6.59. The molecule has 0 bridgehead atoms. The van der Waals surface area contributed by atoms with Crippen molar-refractivity contribution in [2.45, 2.75) is 12.8 Å². The first kappa shape index (κ1) is 17.0. The molecule has 122 valence electrons. The Bertz CT molecular complexity index is 609. The van der Waals surface area contributed by atoms with E-state index in [4.69, 9.17) is 15.2 Å². The summed E-state index contributed by atoms with van der Waals surface area (Å²) in [6.45, 7) is 1.05. The Morgan fingerprint density at radius 1 is 1.04 bits per heavy atom. The molecule has 2 aromatic rings. The topological polar surface area (TPSA) is 73.6 Å². The van der Waals surface area contributed by atoms with Gasteiger partial charge >= 0.3 is 0 Å². The van der Waals surface area contributed by atoms with E-state index in [1.165, 1.54) is 5.56 Å². The maximum Gasteiger partial charge on any atom is 0.225 e. The molecule has 0 radical (unpaired) electrons. The van der Waals surface area contributed by atoms with E-state index >= 15 is 0 Å². The fourth-order valence-electron chi connectivity index (χ4n) is 2.04. The summed E-state index contributed by atoms with van der Waals surface area (Å²) in [5.74, 6) is 1.39. The van der Waals surface area contributed by atoms with Crippen LogP contribution in [0.25, 0.3) is 0 Å². The van der Waals surface area contributed by atoms with Crippen LogP contribution in [0.2, 0.25) is 0 Å². The maximum atomic E-state index is 11.5. The summed E-state index contributed by atoms with van der Waals surface area (Å²) in [7, 11) is 1.69. The number of hydrogen-bond acceptors (Lipinski definition) is 4. The minimum Gasteiger partial charge on any atom is -0.457 e. The molecule has 0 spiro atoms. The molecule has 0 aliphatic rings. The Morgan fingerprint density at radius 3 is 2.22 bits per heavy atom. The molecule has 0 fully saturated rings. The lowest BCUT2D eigenvalue weighted by Crippen LogP contribution is -2.15. The van der Waals surface area contributed by atoms with Gasteiger partial charge in [-0.2, -0.15) is 0 Å². The third kappa shape index (κ3) is 5.73. The third-order valence-corrected chi connectivity index (χ3v) is 3.26.